The number of likely N-dealkylation sites (tertiary alicyclic amines) is 2. The molecule has 4 rings (SSSR count). The van der Waals surface area contributed by atoms with Crippen LogP contribution in [0.25, 0.3) is 0 Å². The maximum atomic E-state index is 12.0. The van der Waals surface area contributed by atoms with Crippen LogP contribution in [0.2, 0.25) is 0 Å². The molecule has 3 heterocycles. The summed E-state index contributed by atoms with van der Waals surface area (Å²) in [5.41, 5.74) is 0.242. The highest BCUT2D eigenvalue weighted by atomic mass is 16.6. The first kappa shape index (κ1) is 16.9. The molecule has 0 unspecified atom stereocenters. The summed E-state index contributed by atoms with van der Waals surface area (Å²) in [6, 6.07) is 1.16. The average Bonchev–Trinajstić information content (AvgIpc) is 3.18. The first-order chi connectivity index (χ1) is 12.0. The van der Waals surface area contributed by atoms with E-state index in [4.69, 9.17) is 9.84 Å². The Morgan fingerprint density at radius 1 is 1.24 bits per heavy atom. The molecule has 3 saturated heterocycles. The van der Waals surface area contributed by atoms with Gasteiger partial charge in [-0.1, -0.05) is 6.92 Å². The van der Waals surface area contributed by atoms with Gasteiger partial charge >= 0.3 is 12.2 Å². The summed E-state index contributed by atoms with van der Waals surface area (Å²) < 4.78 is 5.24. The van der Waals surface area contributed by atoms with E-state index in [1.54, 1.807) is 4.90 Å². The highest BCUT2D eigenvalue weighted by Crippen LogP contribution is 2.50. The second kappa shape index (κ2) is 6.34. The van der Waals surface area contributed by atoms with E-state index < -0.39 is 6.09 Å². The Morgan fingerprint density at radius 2 is 1.96 bits per heavy atom. The van der Waals surface area contributed by atoms with Gasteiger partial charge in [0.2, 0.25) is 0 Å². The molecule has 4 aliphatic rings. The van der Waals surface area contributed by atoms with Crippen LogP contribution in [0.4, 0.5) is 9.59 Å². The predicted octanol–water partition coefficient (Wildman–Crippen LogP) is 2.21. The third-order valence-corrected chi connectivity index (χ3v) is 6.93. The van der Waals surface area contributed by atoms with E-state index in [0.29, 0.717) is 31.8 Å². The fourth-order valence-corrected chi connectivity index (χ4v) is 5.39. The first-order valence-corrected chi connectivity index (χ1v) is 9.68. The van der Waals surface area contributed by atoms with Crippen molar-refractivity contribution in [3.63, 3.8) is 0 Å². The van der Waals surface area contributed by atoms with Crippen LogP contribution in [0.15, 0.2) is 0 Å². The lowest BCUT2D eigenvalue weighted by Crippen LogP contribution is -2.56. The summed E-state index contributed by atoms with van der Waals surface area (Å²) in [4.78, 5) is 29.3. The van der Waals surface area contributed by atoms with Crippen molar-refractivity contribution in [3.05, 3.63) is 0 Å². The quantitative estimate of drug-likeness (QED) is 0.844. The number of amides is 2. The first-order valence-electron chi connectivity index (χ1n) is 9.68. The zero-order chi connectivity index (χ0) is 17.6. The largest absolute Gasteiger partial charge is 0.465 e. The SMILES string of the molecule is CC[C@@H]1COC(=O)N1C1CCN(C2CC3(CCN(C(=O)O)C3)C2)CC1. The lowest BCUT2D eigenvalue weighted by Gasteiger charge is -2.52. The molecule has 0 aromatic heterocycles. The monoisotopic (exact) mass is 351 g/mol. The van der Waals surface area contributed by atoms with E-state index >= 15 is 0 Å². The topological polar surface area (TPSA) is 73.3 Å². The molecule has 7 heteroatoms. The second-order valence-electron chi connectivity index (χ2n) is 8.33. The third-order valence-electron chi connectivity index (χ3n) is 6.93. The van der Waals surface area contributed by atoms with Crippen molar-refractivity contribution in [1.29, 1.82) is 0 Å². The molecule has 1 aliphatic carbocycles. The predicted molar refractivity (Wildman–Crippen MR) is 91.5 cm³/mol. The highest BCUT2D eigenvalue weighted by Gasteiger charge is 2.51. The molecule has 0 radical (unpaired) electrons. The molecule has 3 aliphatic heterocycles. The number of carbonyl (C=O) groups excluding carboxylic acids is 1. The molecule has 0 bridgehead atoms. The van der Waals surface area contributed by atoms with Gasteiger partial charge in [-0.3, -0.25) is 4.90 Å². The number of piperidine rings is 1. The minimum atomic E-state index is -0.774. The summed E-state index contributed by atoms with van der Waals surface area (Å²) in [5, 5.41) is 9.15. The van der Waals surface area contributed by atoms with E-state index in [1.807, 2.05) is 4.90 Å². The van der Waals surface area contributed by atoms with Gasteiger partial charge in [-0.25, -0.2) is 9.59 Å². The summed E-state index contributed by atoms with van der Waals surface area (Å²) in [6.45, 7) is 6.14. The van der Waals surface area contributed by atoms with Crippen molar-refractivity contribution in [2.24, 2.45) is 5.41 Å². The van der Waals surface area contributed by atoms with Gasteiger partial charge in [0.1, 0.15) is 6.61 Å². The fraction of sp³-hybridized carbons (Fsp3) is 0.889. The molecule has 4 fully saturated rings. The molecule has 25 heavy (non-hydrogen) atoms. The van der Waals surface area contributed by atoms with Crippen LogP contribution in [0, 0.1) is 5.41 Å². The van der Waals surface area contributed by atoms with Gasteiger partial charge < -0.3 is 19.6 Å². The molecular weight excluding hydrogens is 322 g/mol. The van der Waals surface area contributed by atoms with Crippen LogP contribution in [0.1, 0.15) is 45.4 Å². The van der Waals surface area contributed by atoms with E-state index in [0.717, 1.165) is 51.6 Å². The average molecular weight is 351 g/mol. The number of hydrogen-bond donors (Lipinski definition) is 1. The van der Waals surface area contributed by atoms with Crippen molar-refractivity contribution in [2.45, 2.75) is 63.6 Å². The fourth-order valence-electron chi connectivity index (χ4n) is 5.39. The van der Waals surface area contributed by atoms with E-state index in [9.17, 15) is 9.59 Å². The Morgan fingerprint density at radius 3 is 2.56 bits per heavy atom. The number of carbonyl (C=O) groups is 2. The lowest BCUT2D eigenvalue weighted by molar-refractivity contribution is -0.0132. The minimum Gasteiger partial charge on any atom is -0.465 e. The summed E-state index contributed by atoms with van der Waals surface area (Å²) in [7, 11) is 0. The Labute approximate surface area is 148 Å². The van der Waals surface area contributed by atoms with Gasteiger partial charge in [-0.15, -0.1) is 0 Å². The summed E-state index contributed by atoms with van der Waals surface area (Å²) in [6.07, 6.45) is 5.38. The van der Waals surface area contributed by atoms with Crippen LogP contribution in [-0.2, 0) is 4.74 Å². The van der Waals surface area contributed by atoms with Crippen LogP contribution in [0.3, 0.4) is 0 Å². The van der Waals surface area contributed by atoms with Crippen LogP contribution >= 0.6 is 0 Å². The van der Waals surface area contributed by atoms with Crippen LogP contribution < -0.4 is 0 Å². The van der Waals surface area contributed by atoms with Crippen molar-refractivity contribution in [3.8, 4) is 0 Å². The standard InChI is InChI=1S/C18H29N3O4/c1-2-13-11-25-17(24)21(13)14-3-6-19(7-4-14)15-9-18(10-15)5-8-20(12-18)16(22)23/h13-15H,2-12H2,1H3,(H,22,23)/t13-,15?,18?/m1/s1. The van der Waals surface area contributed by atoms with Crippen molar-refractivity contribution < 1.29 is 19.4 Å². The number of cyclic esters (lactones) is 1. The van der Waals surface area contributed by atoms with Crippen LogP contribution in [-0.4, -0.2) is 82.9 Å². The van der Waals surface area contributed by atoms with Gasteiger partial charge in [-0.05, 0) is 43.9 Å². The smallest absolute Gasteiger partial charge is 0.410 e. The molecule has 1 spiro atoms. The molecule has 7 nitrogen and oxygen atoms in total. The van der Waals surface area contributed by atoms with E-state index in [-0.39, 0.29) is 17.6 Å². The lowest BCUT2D eigenvalue weighted by atomic mass is 9.64. The normalized spacial score (nSPS) is 36.8. The molecule has 140 valence electrons. The zero-order valence-electron chi connectivity index (χ0n) is 15.0. The Hall–Kier alpha value is -1.50. The number of carboxylic acid groups (broad SMARTS) is 1. The van der Waals surface area contributed by atoms with Gasteiger partial charge in [-0.2, -0.15) is 0 Å². The summed E-state index contributed by atoms with van der Waals surface area (Å²) >= 11 is 0. The molecule has 2 amide bonds. The molecule has 1 saturated carbocycles. The second-order valence-corrected chi connectivity index (χ2v) is 8.33. The highest BCUT2D eigenvalue weighted by molar-refractivity contribution is 5.70. The third kappa shape index (κ3) is 2.96. The van der Waals surface area contributed by atoms with Crippen molar-refractivity contribution in [1.82, 2.24) is 14.7 Å². The summed E-state index contributed by atoms with van der Waals surface area (Å²) in [5.74, 6) is 0. The molecule has 0 aromatic carbocycles. The molecule has 1 atom stereocenters. The van der Waals surface area contributed by atoms with Gasteiger partial charge in [0, 0.05) is 38.3 Å². The van der Waals surface area contributed by atoms with Crippen molar-refractivity contribution >= 4 is 12.2 Å². The number of hydrogen-bond acceptors (Lipinski definition) is 4. The van der Waals surface area contributed by atoms with E-state index in [2.05, 4.69) is 11.8 Å². The van der Waals surface area contributed by atoms with Gasteiger partial charge in [0.15, 0.2) is 0 Å². The van der Waals surface area contributed by atoms with E-state index in [1.165, 1.54) is 0 Å². The van der Waals surface area contributed by atoms with Crippen LogP contribution in [0.5, 0.6) is 0 Å². The van der Waals surface area contributed by atoms with Gasteiger partial charge in [0.25, 0.3) is 0 Å². The molecule has 0 aromatic rings. The Bertz CT molecular complexity index is 540. The maximum Gasteiger partial charge on any atom is 0.410 e. The van der Waals surface area contributed by atoms with Crippen molar-refractivity contribution in [2.75, 3.05) is 32.8 Å². The molecular formula is C18H29N3O4. The zero-order valence-corrected chi connectivity index (χ0v) is 15.0. The Balaban J connectivity index is 1.27. The molecule has 1 N–H and O–H groups in total. The Kier molecular flexibility index (Phi) is 4.30. The number of rotatable bonds is 3. The number of ether oxygens (including phenoxy) is 1. The number of nitrogens with zero attached hydrogens (tertiary/aromatic N) is 3. The maximum absolute atomic E-state index is 12.0. The van der Waals surface area contributed by atoms with Gasteiger partial charge in [0.05, 0.1) is 6.04 Å². The minimum absolute atomic E-state index is 0.132.